The average Bonchev–Trinajstić information content (AvgIpc) is 2.87. The maximum atomic E-state index is 13.6. The Kier molecular flexibility index (Phi) is 3.58. The number of hydrogen-bond acceptors (Lipinski definition) is 3. The summed E-state index contributed by atoms with van der Waals surface area (Å²) in [6, 6.07) is 5.44. The molecule has 2 aromatic rings. The van der Waals surface area contributed by atoms with Gasteiger partial charge in [-0.2, -0.15) is 16.6 Å². The van der Waals surface area contributed by atoms with Crippen molar-refractivity contribution in [1.82, 2.24) is 0 Å². The summed E-state index contributed by atoms with van der Waals surface area (Å²) in [5.41, 5.74) is 0.731. The zero-order valence-corrected chi connectivity index (χ0v) is 10.4. The summed E-state index contributed by atoms with van der Waals surface area (Å²) < 4.78 is 27.3. The molecule has 0 bridgehead atoms. The lowest BCUT2D eigenvalue weighted by atomic mass is 10.1. The minimum absolute atomic E-state index is 0.0289. The number of nitrogens with one attached hydrogen (secondary N) is 1. The average molecular weight is 264 g/mol. The quantitative estimate of drug-likeness (QED) is 0.907. The smallest absolute Gasteiger partial charge is 0.150 e. The first kappa shape index (κ1) is 12.5. The molecule has 0 saturated carbocycles. The van der Waals surface area contributed by atoms with Crippen molar-refractivity contribution >= 4 is 17.0 Å². The van der Waals surface area contributed by atoms with Gasteiger partial charge >= 0.3 is 0 Å². The summed E-state index contributed by atoms with van der Waals surface area (Å²) in [5.74, 6) is -1.51. The summed E-state index contributed by atoms with van der Waals surface area (Å²) in [5, 5.41) is 15.2. The first-order valence-electron chi connectivity index (χ1n) is 5.29. The SMILES string of the molecule is CC(Nc1c(F)cc(C#N)cc1F)c1ccsc1. The molecular weight excluding hydrogens is 254 g/mol. The second kappa shape index (κ2) is 5.15. The van der Waals surface area contributed by atoms with Crippen molar-refractivity contribution in [2.45, 2.75) is 13.0 Å². The molecule has 1 N–H and O–H groups in total. The number of nitriles is 1. The molecule has 0 aliphatic rings. The van der Waals surface area contributed by atoms with Gasteiger partial charge in [0.25, 0.3) is 0 Å². The lowest BCUT2D eigenvalue weighted by Crippen LogP contribution is -2.09. The highest BCUT2D eigenvalue weighted by molar-refractivity contribution is 7.07. The first-order valence-corrected chi connectivity index (χ1v) is 6.24. The van der Waals surface area contributed by atoms with Gasteiger partial charge in [0.15, 0.2) is 11.6 Å². The summed E-state index contributed by atoms with van der Waals surface area (Å²) in [6.07, 6.45) is 0. The van der Waals surface area contributed by atoms with Crippen LogP contribution in [0.15, 0.2) is 29.0 Å². The van der Waals surface area contributed by atoms with E-state index < -0.39 is 11.6 Å². The molecule has 2 rings (SSSR count). The molecule has 0 saturated heterocycles. The van der Waals surface area contributed by atoms with Gasteiger partial charge in [-0.05, 0) is 41.4 Å². The van der Waals surface area contributed by atoms with E-state index in [2.05, 4.69) is 5.32 Å². The summed E-state index contributed by atoms with van der Waals surface area (Å²) >= 11 is 1.52. The molecule has 1 heterocycles. The third-order valence-corrected chi connectivity index (χ3v) is 3.28. The molecule has 0 aliphatic heterocycles. The van der Waals surface area contributed by atoms with Crippen molar-refractivity contribution < 1.29 is 8.78 Å². The van der Waals surface area contributed by atoms with E-state index >= 15 is 0 Å². The lowest BCUT2D eigenvalue weighted by Gasteiger charge is -2.15. The summed E-state index contributed by atoms with van der Waals surface area (Å²) in [4.78, 5) is 0. The van der Waals surface area contributed by atoms with Crippen molar-refractivity contribution in [2.24, 2.45) is 0 Å². The first-order chi connectivity index (χ1) is 8.61. The Morgan fingerprint density at radius 2 is 2.00 bits per heavy atom. The van der Waals surface area contributed by atoms with Crippen LogP contribution < -0.4 is 5.32 Å². The minimum Gasteiger partial charge on any atom is -0.374 e. The van der Waals surface area contributed by atoms with E-state index in [0.29, 0.717) is 0 Å². The number of halogens is 2. The highest BCUT2D eigenvalue weighted by Crippen LogP contribution is 2.26. The minimum atomic E-state index is -0.756. The number of rotatable bonds is 3. The predicted octanol–water partition coefficient (Wildman–Crippen LogP) is 4.07. The maximum absolute atomic E-state index is 13.6. The standard InChI is InChI=1S/C13H10F2N2S/c1-8(10-2-3-18-7-10)17-13-11(14)4-9(6-16)5-12(13)15/h2-5,7-8,17H,1H3. The van der Waals surface area contributed by atoms with Gasteiger partial charge in [0.05, 0.1) is 11.6 Å². The van der Waals surface area contributed by atoms with Crippen LogP contribution in [0.5, 0.6) is 0 Å². The molecule has 1 aromatic carbocycles. The van der Waals surface area contributed by atoms with E-state index in [1.54, 1.807) is 6.07 Å². The number of benzene rings is 1. The zero-order chi connectivity index (χ0) is 13.1. The molecule has 0 fully saturated rings. The van der Waals surface area contributed by atoms with E-state index in [-0.39, 0.29) is 17.3 Å². The van der Waals surface area contributed by atoms with E-state index in [1.165, 1.54) is 11.3 Å². The van der Waals surface area contributed by atoms with Crippen LogP contribution in [0.1, 0.15) is 24.1 Å². The predicted molar refractivity (Wildman–Crippen MR) is 67.4 cm³/mol. The number of hydrogen-bond donors (Lipinski definition) is 1. The molecule has 0 radical (unpaired) electrons. The Morgan fingerprint density at radius 3 is 2.50 bits per heavy atom. The van der Waals surface area contributed by atoms with Gasteiger partial charge in [0, 0.05) is 6.04 Å². The largest absolute Gasteiger partial charge is 0.374 e. The normalized spacial score (nSPS) is 11.9. The van der Waals surface area contributed by atoms with Crippen molar-refractivity contribution in [2.75, 3.05) is 5.32 Å². The molecule has 1 atom stereocenters. The van der Waals surface area contributed by atoms with Crippen LogP contribution >= 0.6 is 11.3 Å². The molecule has 0 spiro atoms. The van der Waals surface area contributed by atoms with Gasteiger partial charge in [-0.3, -0.25) is 0 Å². The fourth-order valence-corrected chi connectivity index (χ4v) is 2.35. The van der Waals surface area contributed by atoms with Crippen LogP contribution in [0.3, 0.4) is 0 Å². The van der Waals surface area contributed by atoms with Crippen LogP contribution in [0.25, 0.3) is 0 Å². The second-order valence-electron chi connectivity index (χ2n) is 3.85. The van der Waals surface area contributed by atoms with Crippen molar-refractivity contribution in [3.05, 3.63) is 51.7 Å². The van der Waals surface area contributed by atoms with Crippen molar-refractivity contribution in [3.63, 3.8) is 0 Å². The molecule has 5 heteroatoms. The number of anilines is 1. The molecule has 1 aromatic heterocycles. The molecule has 1 unspecified atom stereocenters. The van der Waals surface area contributed by atoms with E-state index in [1.807, 2.05) is 23.8 Å². The topological polar surface area (TPSA) is 35.8 Å². The fraction of sp³-hybridized carbons (Fsp3) is 0.154. The molecular formula is C13H10F2N2S. The number of nitrogens with zero attached hydrogens (tertiary/aromatic N) is 1. The molecule has 2 nitrogen and oxygen atoms in total. The van der Waals surface area contributed by atoms with Crippen LogP contribution in [0, 0.1) is 23.0 Å². The Balaban J connectivity index is 2.27. The van der Waals surface area contributed by atoms with Crippen LogP contribution in [0.2, 0.25) is 0 Å². The fourth-order valence-electron chi connectivity index (χ4n) is 1.60. The van der Waals surface area contributed by atoms with Crippen LogP contribution in [-0.4, -0.2) is 0 Å². The van der Waals surface area contributed by atoms with Gasteiger partial charge in [-0.1, -0.05) is 0 Å². The van der Waals surface area contributed by atoms with Gasteiger partial charge in [0.1, 0.15) is 5.69 Å². The molecule has 18 heavy (non-hydrogen) atoms. The van der Waals surface area contributed by atoms with Crippen molar-refractivity contribution in [1.29, 1.82) is 5.26 Å². The summed E-state index contributed by atoms with van der Waals surface area (Å²) in [7, 11) is 0. The summed E-state index contributed by atoms with van der Waals surface area (Å²) in [6.45, 7) is 1.82. The highest BCUT2D eigenvalue weighted by atomic mass is 32.1. The number of thiophene rings is 1. The Morgan fingerprint density at radius 1 is 1.33 bits per heavy atom. The van der Waals surface area contributed by atoms with Crippen LogP contribution in [-0.2, 0) is 0 Å². The highest BCUT2D eigenvalue weighted by Gasteiger charge is 2.14. The van der Waals surface area contributed by atoms with Gasteiger partial charge in [-0.25, -0.2) is 8.78 Å². The van der Waals surface area contributed by atoms with Gasteiger partial charge in [-0.15, -0.1) is 0 Å². The maximum Gasteiger partial charge on any atom is 0.150 e. The molecule has 92 valence electrons. The monoisotopic (exact) mass is 264 g/mol. The van der Waals surface area contributed by atoms with E-state index in [0.717, 1.165) is 17.7 Å². The zero-order valence-electron chi connectivity index (χ0n) is 9.58. The van der Waals surface area contributed by atoms with E-state index in [4.69, 9.17) is 5.26 Å². The Hall–Kier alpha value is -1.93. The lowest BCUT2D eigenvalue weighted by molar-refractivity contribution is 0.584. The van der Waals surface area contributed by atoms with Crippen molar-refractivity contribution in [3.8, 4) is 6.07 Å². The third kappa shape index (κ3) is 2.49. The molecule has 0 amide bonds. The van der Waals surface area contributed by atoms with E-state index in [9.17, 15) is 8.78 Å². The van der Waals surface area contributed by atoms with Gasteiger partial charge in [0.2, 0.25) is 0 Å². The third-order valence-electron chi connectivity index (χ3n) is 2.58. The second-order valence-corrected chi connectivity index (χ2v) is 4.63. The molecule has 0 aliphatic carbocycles. The van der Waals surface area contributed by atoms with Gasteiger partial charge < -0.3 is 5.32 Å². The van der Waals surface area contributed by atoms with Crippen LogP contribution in [0.4, 0.5) is 14.5 Å². The Labute approximate surface area is 107 Å². The Bertz CT molecular complexity index is 565.